The largest absolute Gasteiger partial charge is 0.508 e. The Labute approximate surface area is 167 Å². The standard InChI is InChI=1S/C23H30N2O3/c1-3-17-8-10-20(11-9-17)25-14-12-19(13-15-25)24-22(23(27)28-4-2)18-6-5-7-21(26)16-18/h5-11,16,19,22,24,26H,3-4,12-15H2,1-2H3/t22-/m1/s1. The third-order valence-electron chi connectivity index (χ3n) is 5.33. The Morgan fingerprint density at radius 2 is 1.89 bits per heavy atom. The first-order chi connectivity index (χ1) is 13.6. The van der Waals surface area contributed by atoms with Crippen molar-refractivity contribution in [1.82, 2.24) is 5.32 Å². The first-order valence-corrected chi connectivity index (χ1v) is 10.2. The number of esters is 1. The van der Waals surface area contributed by atoms with E-state index >= 15 is 0 Å². The molecule has 3 rings (SSSR count). The van der Waals surface area contributed by atoms with Crippen LogP contribution in [0.5, 0.6) is 5.75 Å². The number of carbonyl (C=O) groups excluding carboxylic acids is 1. The van der Waals surface area contributed by atoms with Crippen molar-refractivity contribution in [1.29, 1.82) is 0 Å². The van der Waals surface area contributed by atoms with Gasteiger partial charge in [0.1, 0.15) is 11.8 Å². The van der Waals surface area contributed by atoms with Crippen LogP contribution in [0.15, 0.2) is 48.5 Å². The average molecular weight is 383 g/mol. The van der Waals surface area contributed by atoms with Crippen LogP contribution in [-0.4, -0.2) is 36.8 Å². The highest BCUT2D eigenvalue weighted by molar-refractivity contribution is 5.78. The SMILES string of the molecule is CCOC(=O)[C@H](NC1CCN(c2ccc(CC)cc2)CC1)c1cccc(O)c1. The maximum Gasteiger partial charge on any atom is 0.327 e. The van der Waals surface area contributed by atoms with Gasteiger partial charge in [-0.2, -0.15) is 0 Å². The number of piperidine rings is 1. The van der Waals surface area contributed by atoms with E-state index in [1.807, 2.05) is 6.07 Å². The molecule has 0 amide bonds. The molecule has 1 aliphatic rings. The van der Waals surface area contributed by atoms with Crippen molar-refractivity contribution in [3.05, 3.63) is 59.7 Å². The molecule has 150 valence electrons. The molecule has 2 N–H and O–H groups in total. The van der Waals surface area contributed by atoms with E-state index < -0.39 is 6.04 Å². The maximum atomic E-state index is 12.5. The zero-order chi connectivity index (χ0) is 19.9. The van der Waals surface area contributed by atoms with Crippen LogP contribution in [0.3, 0.4) is 0 Å². The van der Waals surface area contributed by atoms with Crippen molar-refractivity contribution >= 4 is 11.7 Å². The predicted octanol–water partition coefficient (Wildman–Crippen LogP) is 3.82. The van der Waals surface area contributed by atoms with Crippen LogP contribution < -0.4 is 10.2 Å². The molecule has 1 fully saturated rings. The highest BCUT2D eigenvalue weighted by Crippen LogP contribution is 2.25. The fourth-order valence-electron chi connectivity index (χ4n) is 3.71. The summed E-state index contributed by atoms with van der Waals surface area (Å²) in [6, 6.07) is 15.3. The summed E-state index contributed by atoms with van der Waals surface area (Å²) in [5.74, 6) is -0.148. The number of rotatable bonds is 7. The van der Waals surface area contributed by atoms with E-state index in [9.17, 15) is 9.90 Å². The van der Waals surface area contributed by atoms with Gasteiger partial charge in [-0.1, -0.05) is 31.2 Å². The minimum absolute atomic E-state index is 0.152. The number of ether oxygens (including phenoxy) is 1. The number of hydrogen-bond acceptors (Lipinski definition) is 5. The number of aryl methyl sites for hydroxylation is 1. The van der Waals surface area contributed by atoms with Gasteiger partial charge in [-0.3, -0.25) is 5.32 Å². The van der Waals surface area contributed by atoms with Gasteiger partial charge in [0, 0.05) is 24.8 Å². The zero-order valence-electron chi connectivity index (χ0n) is 16.7. The second-order valence-corrected chi connectivity index (χ2v) is 7.23. The Hall–Kier alpha value is -2.53. The number of nitrogens with zero attached hydrogens (tertiary/aromatic N) is 1. The monoisotopic (exact) mass is 382 g/mol. The number of aromatic hydroxyl groups is 1. The lowest BCUT2D eigenvalue weighted by atomic mass is 10.00. The molecule has 5 heteroatoms. The fourth-order valence-corrected chi connectivity index (χ4v) is 3.71. The molecular formula is C23H30N2O3. The lowest BCUT2D eigenvalue weighted by molar-refractivity contribution is -0.146. The van der Waals surface area contributed by atoms with Crippen LogP contribution in [0.25, 0.3) is 0 Å². The lowest BCUT2D eigenvalue weighted by Crippen LogP contribution is -2.45. The van der Waals surface area contributed by atoms with E-state index in [0.717, 1.165) is 37.9 Å². The second-order valence-electron chi connectivity index (χ2n) is 7.23. The molecule has 0 aliphatic carbocycles. The van der Waals surface area contributed by atoms with Crippen LogP contribution in [0, 0.1) is 0 Å². The topological polar surface area (TPSA) is 61.8 Å². The molecule has 1 atom stereocenters. The van der Waals surface area contributed by atoms with Gasteiger partial charge in [0.15, 0.2) is 0 Å². The number of phenolic OH excluding ortho intramolecular Hbond substituents is 1. The highest BCUT2D eigenvalue weighted by atomic mass is 16.5. The molecule has 2 aromatic carbocycles. The van der Waals surface area contributed by atoms with Gasteiger partial charge in [0.25, 0.3) is 0 Å². The molecule has 1 saturated heterocycles. The Balaban J connectivity index is 1.63. The first-order valence-electron chi connectivity index (χ1n) is 10.2. The molecule has 5 nitrogen and oxygen atoms in total. The van der Waals surface area contributed by atoms with Gasteiger partial charge in [0.05, 0.1) is 6.61 Å². The normalized spacial score (nSPS) is 16.0. The lowest BCUT2D eigenvalue weighted by Gasteiger charge is -2.35. The molecular weight excluding hydrogens is 352 g/mol. The number of phenols is 1. The van der Waals surface area contributed by atoms with Crippen LogP contribution in [0.4, 0.5) is 5.69 Å². The fraction of sp³-hybridized carbons (Fsp3) is 0.435. The van der Waals surface area contributed by atoms with E-state index in [0.29, 0.717) is 6.61 Å². The van der Waals surface area contributed by atoms with Crippen molar-refractivity contribution in [2.75, 3.05) is 24.6 Å². The highest BCUT2D eigenvalue weighted by Gasteiger charge is 2.28. The second kappa shape index (κ2) is 9.60. The summed E-state index contributed by atoms with van der Waals surface area (Å²) in [5.41, 5.74) is 3.34. The third-order valence-corrected chi connectivity index (χ3v) is 5.33. The van der Waals surface area contributed by atoms with E-state index in [1.165, 1.54) is 11.3 Å². The van der Waals surface area contributed by atoms with Gasteiger partial charge in [0.2, 0.25) is 0 Å². The van der Waals surface area contributed by atoms with Crippen LogP contribution in [-0.2, 0) is 16.0 Å². The summed E-state index contributed by atoms with van der Waals surface area (Å²) < 4.78 is 5.26. The zero-order valence-corrected chi connectivity index (χ0v) is 16.7. The average Bonchev–Trinajstić information content (AvgIpc) is 2.72. The van der Waals surface area contributed by atoms with Gasteiger partial charge in [-0.15, -0.1) is 0 Å². The van der Waals surface area contributed by atoms with Crippen molar-refractivity contribution in [2.45, 2.75) is 45.2 Å². The van der Waals surface area contributed by atoms with Crippen LogP contribution in [0.1, 0.15) is 43.9 Å². The van der Waals surface area contributed by atoms with Gasteiger partial charge < -0.3 is 14.7 Å². The van der Waals surface area contributed by atoms with Crippen LogP contribution >= 0.6 is 0 Å². The summed E-state index contributed by atoms with van der Waals surface area (Å²) in [5, 5.41) is 13.3. The molecule has 28 heavy (non-hydrogen) atoms. The van der Waals surface area contributed by atoms with Gasteiger partial charge in [-0.05, 0) is 61.6 Å². The van der Waals surface area contributed by atoms with E-state index in [-0.39, 0.29) is 17.8 Å². The van der Waals surface area contributed by atoms with E-state index in [1.54, 1.807) is 25.1 Å². The maximum absolute atomic E-state index is 12.5. The number of hydrogen-bond donors (Lipinski definition) is 2. The summed E-state index contributed by atoms with van der Waals surface area (Å²) in [7, 11) is 0. The Bertz CT molecular complexity index is 768. The van der Waals surface area contributed by atoms with E-state index in [4.69, 9.17) is 4.74 Å². The number of anilines is 1. The Morgan fingerprint density at radius 1 is 1.18 bits per heavy atom. The van der Waals surface area contributed by atoms with Crippen LogP contribution in [0.2, 0.25) is 0 Å². The number of benzene rings is 2. The van der Waals surface area contributed by atoms with Crippen molar-refractivity contribution < 1.29 is 14.6 Å². The molecule has 0 bridgehead atoms. The minimum Gasteiger partial charge on any atom is -0.508 e. The van der Waals surface area contributed by atoms with E-state index in [2.05, 4.69) is 41.4 Å². The molecule has 0 radical (unpaired) electrons. The van der Waals surface area contributed by atoms with Gasteiger partial charge in [-0.25, -0.2) is 4.79 Å². The van der Waals surface area contributed by atoms with Crippen molar-refractivity contribution in [2.24, 2.45) is 0 Å². The smallest absolute Gasteiger partial charge is 0.327 e. The third kappa shape index (κ3) is 5.04. The quantitative estimate of drug-likeness (QED) is 0.713. The molecule has 1 heterocycles. The molecule has 0 saturated carbocycles. The molecule has 0 spiro atoms. The Kier molecular flexibility index (Phi) is 6.93. The van der Waals surface area contributed by atoms with Crippen molar-refractivity contribution in [3.8, 4) is 5.75 Å². The predicted molar refractivity (Wildman–Crippen MR) is 112 cm³/mol. The summed E-state index contributed by atoms with van der Waals surface area (Å²) in [6.07, 6.45) is 2.95. The number of nitrogens with one attached hydrogen (secondary N) is 1. The minimum atomic E-state index is -0.563. The molecule has 0 aromatic heterocycles. The van der Waals surface area contributed by atoms with Crippen molar-refractivity contribution in [3.63, 3.8) is 0 Å². The Morgan fingerprint density at radius 3 is 2.50 bits per heavy atom. The molecule has 0 unspecified atom stereocenters. The van der Waals surface area contributed by atoms with Gasteiger partial charge >= 0.3 is 5.97 Å². The summed E-state index contributed by atoms with van der Waals surface area (Å²) in [4.78, 5) is 14.9. The molecule has 2 aromatic rings. The summed E-state index contributed by atoms with van der Waals surface area (Å²) >= 11 is 0. The summed E-state index contributed by atoms with van der Waals surface area (Å²) in [6.45, 7) is 6.19. The first kappa shape index (κ1) is 20.2. The molecule has 1 aliphatic heterocycles. The number of carbonyl (C=O) groups is 1.